The number of aromatic hydroxyl groups is 1. The molecule has 5 nitrogen and oxygen atoms in total. The zero-order valence-electron chi connectivity index (χ0n) is 16.2. The maximum atomic E-state index is 13.2. The number of imidazole rings is 1. The van der Waals surface area contributed by atoms with E-state index in [0.29, 0.717) is 22.4 Å². The third-order valence-corrected chi connectivity index (χ3v) is 5.30. The first-order valence-electron chi connectivity index (χ1n) is 9.79. The number of rotatable bonds is 6. The van der Waals surface area contributed by atoms with Crippen LogP contribution in [0.3, 0.4) is 0 Å². The molecule has 0 amide bonds. The summed E-state index contributed by atoms with van der Waals surface area (Å²) in [4.78, 5) is 17.8. The molecule has 0 aliphatic heterocycles. The van der Waals surface area contributed by atoms with Gasteiger partial charge in [0.25, 0.3) is 0 Å². The van der Waals surface area contributed by atoms with Crippen LogP contribution in [0.5, 0.6) is 5.75 Å². The maximum Gasteiger partial charge on any atom is 0.203 e. The molecule has 5 heteroatoms. The van der Waals surface area contributed by atoms with Crippen molar-refractivity contribution < 1.29 is 9.52 Å². The smallest absolute Gasteiger partial charge is 0.203 e. The van der Waals surface area contributed by atoms with Crippen LogP contribution in [0.25, 0.3) is 33.4 Å². The van der Waals surface area contributed by atoms with Crippen LogP contribution < -0.4 is 5.43 Å². The van der Waals surface area contributed by atoms with E-state index in [-0.39, 0.29) is 11.2 Å². The number of phenols is 1. The van der Waals surface area contributed by atoms with Crippen LogP contribution in [0.15, 0.2) is 51.9 Å². The van der Waals surface area contributed by atoms with Crippen molar-refractivity contribution in [2.24, 2.45) is 7.05 Å². The fraction of sp³-hybridized carbons (Fsp3) is 0.304. The van der Waals surface area contributed by atoms with Crippen LogP contribution in [0, 0.1) is 0 Å². The van der Waals surface area contributed by atoms with Gasteiger partial charge in [0, 0.05) is 13.1 Å². The summed E-state index contributed by atoms with van der Waals surface area (Å²) >= 11 is 0. The molecule has 0 atom stereocenters. The molecule has 2 heterocycles. The zero-order valence-corrected chi connectivity index (χ0v) is 16.2. The number of hydrogen-bond acceptors (Lipinski definition) is 4. The van der Waals surface area contributed by atoms with E-state index in [2.05, 4.69) is 11.9 Å². The second-order valence-electron chi connectivity index (χ2n) is 7.25. The van der Waals surface area contributed by atoms with E-state index < -0.39 is 0 Å². The summed E-state index contributed by atoms with van der Waals surface area (Å²) in [7, 11) is 1.89. The quantitative estimate of drug-likeness (QED) is 0.471. The summed E-state index contributed by atoms with van der Waals surface area (Å²) in [6.07, 6.45) is 6.62. The molecule has 144 valence electrons. The number of phenolic OH excluding ortho intramolecular Hbond substituents is 1. The third-order valence-electron chi connectivity index (χ3n) is 5.30. The molecule has 0 saturated carbocycles. The molecule has 0 fully saturated rings. The third kappa shape index (κ3) is 3.17. The van der Waals surface area contributed by atoms with Crippen molar-refractivity contribution in [1.82, 2.24) is 9.55 Å². The van der Waals surface area contributed by atoms with Crippen molar-refractivity contribution in [1.29, 1.82) is 0 Å². The highest BCUT2D eigenvalue weighted by atomic mass is 16.3. The number of fused-ring (bicyclic) bond motifs is 2. The monoisotopic (exact) mass is 376 g/mol. The Labute approximate surface area is 163 Å². The minimum Gasteiger partial charge on any atom is -0.508 e. The van der Waals surface area contributed by atoms with E-state index in [1.807, 2.05) is 35.9 Å². The lowest BCUT2D eigenvalue weighted by Gasteiger charge is -2.08. The molecule has 4 rings (SSSR count). The lowest BCUT2D eigenvalue weighted by atomic mass is 10.0. The number of hydrogen-bond donors (Lipinski definition) is 1. The summed E-state index contributed by atoms with van der Waals surface area (Å²) in [5, 5.41) is 10.8. The van der Waals surface area contributed by atoms with E-state index in [9.17, 15) is 9.90 Å². The molecule has 4 aromatic rings. The van der Waals surface area contributed by atoms with Crippen LogP contribution in [0.1, 0.15) is 38.2 Å². The summed E-state index contributed by atoms with van der Waals surface area (Å²) in [6.45, 7) is 2.17. The Morgan fingerprint density at radius 3 is 2.75 bits per heavy atom. The highest BCUT2D eigenvalue weighted by Crippen LogP contribution is 2.28. The zero-order chi connectivity index (χ0) is 19.7. The summed E-state index contributed by atoms with van der Waals surface area (Å²) in [5.41, 5.74) is 3.27. The van der Waals surface area contributed by atoms with Gasteiger partial charge >= 0.3 is 0 Å². The van der Waals surface area contributed by atoms with E-state index in [1.165, 1.54) is 12.7 Å². The molecule has 2 aromatic heterocycles. The minimum absolute atomic E-state index is 0.130. The maximum absolute atomic E-state index is 13.2. The fourth-order valence-corrected chi connectivity index (χ4v) is 3.69. The van der Waals surface area contributed by atoms with Crippen LogP contribution in [0.4, 0.5) is 0 Å². The molecule has 0 bridgehead atoms. The molecule has 0 radical (unpaired) electrons. The Kier molecular flexibility index (Phi) is 4.90. The van der Waals surface area contributed by atoms with Crippen molar-refractivity contribution in [2.45, 2.75) is 39.0 Å². The van der Waals surface area contributed by atoms with Gasteiger partial charge in [-0.1, -0.05) is 38.3 Å². The summed E-state index contributed by atoms with van der Waals surface area (Å²) in [6, 6.07) is 11.1. The number of unbranched alkanes of at least 4 members (excludes halogenated alkanes) is 3. The van der Waals surface area contributed by atoms with Gasteiger partial charge in [0.05, 0.1) is 16.4 Å². The lowest BCUT2D eigenvalue weighted by molar-refractivity contribution is 0.465. The molecular weight excluding hydrogens is 352 g/mol. The second-order valence-corrected chi connectivity index (χ2v) is 7.25. The molecule has 1 N–H and O–H groups in total. The minimum atomic E-state index is -0.130. The SMILES string of the molecule is CCCCCCc1cc2c(=O)c(-c3nc4ccccc4n3C)coc2cc1O. The molecule has 0 saturated heterocycles. The summed E-state index contributed by atoms with van der Waals surface area (Å²) < 4.78 is 7.60. The Hall–Kier alpha value is -3.08. The lowest BCUT2D eigenvalue weighted by Crippen LogP contribution is -2.08. The average Bonchev–Trinajstić information content (AvgIpc) is 3.03. The summed E-state index contributed by atoms with van der Waals surface area (Å²) in [5.74, 6) is 0.761. The normalized spacial score (nSPS) is 11.5. The average molecular weight is 376 g/mol. The first-order chi connectivity index (χ1) is 13.6. The van der Waals surface area contributed by atoms with Gasteiger partial charge in [-0.05, 0) is 36.6 Å². The number of aromatic nitrogens is 2. The van der Waals surface area contributed by atoms with Crippen molar-refractivity contribution in [2.75, 3.05) is 0 Å². The molecule has 0 aliphatic rings. The molecule has 0 unspecified atom stereocenters. The van der Waals surface area contributed by atoms with Crippen LogP contribution >= 0.6 is 0 Å². The van der Waals surface area contributed by atoms with Gasteiger partial charge in [-0.2, -0.15) is 0 Å². The van der Waals surface area contributed by atoms with Gasteiger partial charge in [0.2, 0.25) is 5.43 Å². The number of para-hydroxylation sites is 2. The standard InChI is InChI=1S/C23H24N2O3/c1-3-4-5-6-9-15-12-16-21(13-20(15)26)28-14-17(22(16)27)23-24-18-10-7-8-11-19(18)25(23)2/h7-8,10-14,26H,3-6,9H2,1-2H3. The van der Waals surface area contributed by atoms with Crippen LogP contribution in [-0.2, 0) is 13.5 Å². The van der Waals surface area contributed by atoms with Crippen molar-refractivity contribution in [3.63, 3.8) is 0 Å². The Morgan fingerprint density at radius 1 is 1.14 bits per heavy atom. The highest BCUT2D eigenvalue weighted by Gasteiger charge is 2.17. The Balaban J connectivity index is 1.80. The predicted molar refractivity (Wildman–Crippen MR) is 112 cm³/mol. The van der Waals surface area contributed by atoms with Crippen LogP contribution in [-0.4, -0.2) is 14.7 Å². The largest absolute Gasteiger partial charge is 0.508 e. The topological polar surface area (TPSA) is 68.3 Å². The van der Waals surface area contributed by atoms with E-state index in [4.69, 9.17) is 4.42 Å². The van der Waals surface area contributed by atoms with Gasteiger partial charge in [0.15, 0.2) is 0 Å². The van der Waals surface area contributed by atoms with E-state index in [0.717, 1.165) is 42.3 Å². The van der Waals surface area contributed by atoms with Gasteiger partial charge in [-0.3, -0.25) is 4.79 Å². The number of aryl methyl sites for hydroxylation is 2. The molecule has 28 heavy (non-hydrogen) atoms. The number of benzene rings is 2. The predicted octanol–water partition coefficient (Wildman–Crippen LogP) is 5.18. The Morgan fingerprint density at radius 2 is 1.96 bits per heavy atom. The fourth-order valence-electron chi connectivity index (χ4n) is 3.69. The van der Waals surface area contributed by atoms with Crippen molar-refractivity contribution in [3.05, 3.63) is 58.4 Å². The number of nitrogens with zero attached hydrogens (tertiary/aromatic N) is 2. The van der Waals surface area contributed by atoms with E-state index in [1.54, 1.807) is 12.1 Å². The molecule has 2 aromatic carbocycles. The molecular formula is C23H24N2O3. The first-order valence-corrected chi connectivity index (χ1v) is 9.79. The van der Waals surface area contributed by atoms with Crippen LogP contribution in [0.2, 0.25) is 0 Å². The molecule has 0 spiro atoms. The highest BCUT2D eigenvalue weighted by molar-refractivity contribution is 5.85. The van der Waals surface area contributed by atoms with Crippen molar-refractivity contribution in [3.8, 4) is 17.1 Å². The van der Waals surface area contributed by atoms with Gasteiger partial charge in [-0.15, -0.1) is 0 Å². The van der Waals surface area contributed by atoms with Crippen molar-refractivity contribution >= 4 is 22.0 Å². The first kappa shape index (κ1) is 18.3. The molecule has 0 aliphatic carbocycles. The van der Waals surface area contributed by atoms with Gasteiger partial charge in [-0.25, -0.2) is 4.98 Å². The van der Waals surface area contributed by atoms with Gasteiger partial charge in [0.1, 0.15) is 29.0 Å². The second kappa shape index (κ2) is 7.50. The Bertz CT molecular complexity index is 1200. The van der Waals surface area contributed by atoms with Gasteiger partial charge < -0.3 is 14.1 Å². The van der Waals surface area contributed by atoms with E-state index >= 15 is 0 Å².